The van der Waals surface area contributed by atoms with Crippen LogP contribution in [0.3, 0.4) is 0 Å². The third-order valence-corrected chi connectivity index (χ3v) is 0.701. The van der Waals surface area contributed by atoms with Gasteiger partial charge in [-0.15, -0.1) is 0 Å². The Bertz CT molecular complexity index is 169. The first-order chi connectivity index (χ1) is 4.81. The van der Waals surface area contributed by atoms with Crippen LogP contribution >= 0.6 is 0 Å². The van der Waals surface area contributed by atoms with Gasteiger partial charge in [-0.25, -0.2) is 0 Å². The molecule has 4 nitrogen and oxygen atoms in total. The molecule has 0 heterocycles. The molecule has 0 unspecified atom stereocenters. The highest BCUT2D eigenvalue weighted by molar-refractivity contribution is 5.87. The van der Waals surface area contributed by atoms with Crippen LogP contribution in [-0.4, -0.2) is 12.6 Å². The van der Waals surface area contributed by atoms with E-state index in [1.165, 1.54) is 12.3 Å². The number of allylic oxidation sites excluding steroid dienone is 1. The topological polar surface area (TPSA) is 62.1 Å². The monoisotopic (exact) mass is 140 g/mol. The molecular formula is C6H8N2O2. The lowest BCUT2D eigenvalue weighted by Gasteiger charge is -1.95. The van der Waals surface area contributed by atoms with E-state index < -0.39 is 0 Å². The summed E-state index contributed by atoms with van der Waals surface area (Å²) >= 11 is 0. The number of hydrogen-bond acceptors (Lipinski definition) is 3. The Hall–Kier alpha value is -1.50. The fourth-order valence-electron chi connectivity index (χ4n) is 0.350. The van der Waals surface area contributed by atoms with E-state index in [0.717, 1.165) is 0 Å². The maximum absolute atomic E-state index is 10.5. The normalized spacial score (nSPS) is 8.80. The zero-order valence-electron chi connectivity index (χ0n) is 5.63. The predicted molar refractivity (Wildman–Crippen MR) is 34.5 cm³/mol. The Kier molecular flexibility index (Phi) is 4.79. The Balaban J connectivity index is 3.33. The first kappa shape index (κ1) is 8.50. The fraction of sp³-hybridized carbons (Fsp3) is 0.333. The van der Waals surface area contributed by atoms with E-state index >= 15 is 0 Å². The number of carbonyl (C=O) groups is 1. The van der Waals surface area contributed by atoms with Crippen molar-refractivity contribution < 1.29 is 9.53 Å². The van der Waals surface area contributed by atoms with Gasteiger partial charge in [0.1, 0.15) is 0 Å². The van der Waals surface area contributed by atoms with E-state index in [1.807, 2.05) is 0 Å². The van der Waals surface area contributed by atoms with Crippen LogP contribution in [-0.2, 0) is 9.53 Å². The van der Waals surface area contributed by atoms with Crippen LogP contribution in [0.2, 0.25) is 0 Å². The molecule has 0 aliphatic carbocycles. The van der Waals surface area contributed by atoms with Gasteiger partial charge in [0.2, 0.25) is 5.91 Å². The number of nitrogens with zero attached hydrogens (tertiary/aromatic N) is 1. The van der Waals surface area contributed by atoms with Crippen molar-refractivity contribution in [3.8, 4) is 6.26 Å². The molecule has 54 valence electrons. The van der Waals surface area contributed by atoms with Crippen molar-refractivity contribution in [2.24, 2.45) is 0 Å². The Morgan fingerprint density at radius 2 is 2.60 bits per heavy atom. The SMILES string of the molecule is CC=CC(=O)NCOC#N. The van der Waals surface area contributed by atoms with Crippen LogP contribution < -0.4 is 5.32 Å². The van der Waals surface area contributed by atoms with Crippen molar-refractivity contribution in [3.05, 3.63) is 12.2 Å². The second-order valence-corrected chi connectivity index (χ2v) is 1.42. The van der Waals surface area contributed by atoms with Gasteiger partial charge in [0.25, 0.3) is 6.26 Å². The molecule has 0 saturated heterocycles. The molecule has 10 heavy (non-hydrogen) atoms. The van der Waals surface area contributed by atoms with Gasteiger partial charge in [-0.3, -0.25) is 4.79 Å². The van der Waals surface area contributed by atoms with Gasteiger partial charge in [0, 0.05) is 0 Å². The smallest absolute Gasteiger partial charge is 0.288 e. The molecule has 0 fully saturated rings. The van der Waals surface area contributed by atoms with E-state index in [9.17, 15) is 4.79 Å². The van der Waals surface area contributed by atoms with Gasteiger partial charge in [-0.2, -0.15) is 5.26 Å². The second kappa shape index (κ2) is 5.63. The van der Waals surface area contributed by atoms with E-state index in [2.05, 4.69) is 10.1 Å². The number of ether oxygens (including phenoxy) is 1. The number of nitriles is 1. The highest BCUT2D eigenvalue weighted by Crippen LogP contribution is 1.71. The Morgan fingerprint density at radius 1 is 1.90 bits per heavy atom. The molecule has 0 saturated carbocycles. The maximum atomic E-state index is 10.5. The molecule has 0 aromatic rings. The molecule has 0 aromatic carbocycles. The lowest BCUT2D eigenvalue weighted by molar-refractivity contribution is -0.117. The predicted octanol–water partition coefficient (Wildman–Crippen LogP) is 0.134. The van der Waals surface area contributed by atoms with Gasteiger partial charge >= 0.3 is 0 Å². The average Bonchev–Trinajstić information content (AvgIpc) is 1.89. The first-order valence-corrected chi connectivity index (χ1v) is 2.72. The maximum Gasteiger partial charge on any atom is 0.288 e. The summed E-state index contributed by atoms with van der Waals surface area (Å²) in [6, 6.07) is 0. The third kappa shape index (κ3) is 4.65. The average molecular weight is 140 g/mol. The van der Waals surface area contributed by atoms with E-state index in [-0.39, 0.29) is 12.6 Å². The lowest BCUT2D eigenvalue weighted by atomic mass is 10.5. The van der Waals surface area contributed by atoms with Gasteiger partial charge in [-0.1, -0.05) is 6.08 Å². The van der Waals surface area contributed by atoms with E-state index in [4.69, 9.17) is 5.26 Å². The molecule has 0 spiro atoms. The summed E-state index contributed by atoms with van der Waals surface area (Å²) in [5, 5.41) is 10.2. The van der Waals surface area contributed by atoms with Gasteiger partial charge in [0.15, 0.2) is 6.73 Å². The number of carbonyl (C=O) groups excluding carboxylic acids is 1. The van der Waals surface area contributed by atoms with Crippen molar-refractivity contribution in [1.82, 2.24) is 5.32 Å². The van der Waals surface area contributed by atoms with Crippen molar-refractivity contribution in [1.29, 1.82) is 5.26 Å². The van der Waals surface area contributed by atoms with Gasteiger partial charge in [0.05, 0.1) is 0 Å². The molecular weight excluding hydrogens is 132 g/mol. The first-order valence-electron chi connectivity index (χ1n) is 2.72. The molecule has 0 rings (SSSR count). The zero-order valence-corrected chi connectivity index (χ0v) is 5.63. The number of rotatable bonds is 3. The van der Waals surface area contributed by atoms with E-state index in [1.54, 1.807) is 13.0 Å². The molecule has 0 bridgehead atoms. The highest BCUT2D eigenvalue weighted by Gasteiger charge is 1.90. The summed E-state index contributed by atoms with van der Waals surface area (Å²) in [7, 11) is 0. The molecule has 4 heteroatoms. The quantitative estimate of drug-likeness (QED) is 0.262. The van der Waals surface area contributed by atoms with Crippen LogP contribution in [0.15, 0.2) is 12.2 Å². The number of amides is 1. The van der Waals surface area contributed by atoms with Crippen molar-refractivity contribution in [2.45, 2.75) is 6.92 Å². The largest absolute Gasteiger partial charge is 0.405 e. The Labute approximate surface area is 59.1 Å². The molecule has 0 aliphatic heterocycles. The summed E-state index contributed by atoms with van der Waals surface area (Å²) in [6.07, 6.45) is 4.37. The minimum atomic E-state index is -0.266. The summed E-state index contributed by atoms with van der Waals surface area (Å²) in [5.74, 6) is -0.266. The third-order valence-electron chi connectivity index (χ3n) is 0.701. The van der Waals surface area contributed by atoms with Gasteiger partial charge < -0.3 is 10.1 Å². The highest BCUT2D eigenvalue weighted by atomic mass is 16.5. The minimum Gasteiger partial charge on any atom is -0.405 e. The van der Waals surface area contributed by atoms with Crippen LogP contribution in [0.4, 0.5) is 0 Å². The molecule has 0 atom stereocenters. The minimum absolute atomic E-state index is 0.0698. The molecule has 0 aromatic heterocycles. The standard InChI is InChI=1S/C6H8N2O2/c1-2-3-6(9)8-5-10-4-7/h2-3H,5H2,1H3,(H,8,9). The summed E-state index contributed by atoms with van der Waals surface area (Å²) in [6.45, 7) is 1.66. The number of hydrogen-bond donors (Lipinski definition) is 1. The van der Waals surface area contributed by atoms with Crippen molar-refractivity contribution in [2.75, 3.05) is 6.73 Å². The molecule has 1 amide bonds. The van der Waals surface area contributed by atoms with Crippen molar-refractivity contribution in [3.63, 3.8) is 0 Å². The van der Waals surface area contributed by atoms with Crippen LogP contribution in [0.1, 0.15) is 6.92 Å². The van der Waals surface area contributed by atoms with Gasteiger partial charge in [-0.05, 0) is 13.0 Å². The van der Waals surface area contributed by atoms with Crippen LogP contribution in [0.5, 0.6) is 0 Å². The molecule has 0 aliphatic rings. The number of nitrogens with one attached hydrogen (secondary N) is 1. The van der Waals surface area contributed by atoms with Crippen LogP contribution in [0.25, 0.3) is 0 Å². The van der Waals surface area contributed by atoms with E-state index in [0.29, 0.717) is 0 Å². The summed E-state index contributed by atoms with van der Waals surface area (Å²) in [5.41, 5.74) is 0. The Morgan fingerprint density at radius 3 is 3.10 bits per heavy atom. The van der Waals surface area contributed by atoms with Crippen LogP contribution in [0, 0.1) is 11.5 Å². The summed E-state index contributed by atoms with van der Waals surface area (Å²) < 4.78 is 4.19. The molecule has 0 radical (unpaired) electrons. The van der Waals surface area contributed by atoms with Crippen molar-refractivity contribution >= 4 is 5.91 Å². The second-order valence-electron chi connectivity index (χ2n) is 1.42. The lowest BCUT2D eigenvalue weighted by Crippen LogP contribution is -2.22. The summed E-state index contributed by atoms with van der Waals surface area (Å²) in [4.78, 5) is 10.5. The molecule has 1 N–H and O–H groups in total. The zero-order chi connectivity index (χ0) is 7.82. The fourth-order valence-corrected chi connectivity index (χ4v) is 0.350.